The zero-order chi connectivity index (χ0) is 35.4. The Labute approximate surface area is 292 Å². The van der Waals surface area contributed by atoms with Crippen LogP contribution in [0.15, 0.2) is 31.2 Å². The van der Waals surface area contributed by atoms with Crippen molar-refractivity contribution in [1.29, 1.82) is 0 Å². The summed E-state index contributed by atoms with van der Waals surface area (Å²) in [5, 5.41) is 44.0. The minimum absolute atomic E-state index is 0.238. The molecule has 49 heavy (non-hydrogen) atoms. The third-order valence-corrected chi connectivity index (χ3v) is 13.5. The van der Waals surface area contributed by atoms with Gasteiger partial charge in [0.1, 0.15) is 0 Å². The van der Waals surface area contributed by atoms with E-state index >= 15 is 0 Å². The van der Waals surface area contributed by atoms with E-state index in [1.165, 1.54) is 19.0 Å². The Hall–Kier alpha value is -2.71. The Kier molecular flexibility index (Phi) is 12.7. The zero-order valence-electron chi connectivity index (χ0n) is 27.4. The van der Waals surface area contributed by atoms with E-state index in [4.69, 9.17) is 20.9 Å². The maximum absolute atomic E-state index is 12.3. The normalized spacial score (nSPS) is 28.8. The molecule has 2 aliphatic heterocycles. The Morgan fingerprint density at radius 1 is 0.857 bits per heavy atom. The third-order valence-electron chi connectivity index (χ3n) is 8.33. The van der Waals surface area contributed by atoms with Crippen molar-refractivity contribution in [3.8, 4) is 0 Å². The van der Waals surface area contributed by atoms with Crippen molar-refractivity contribution in [2.24, 2.45) is 0 Å². The molecular formula is C29H47N11O7Se2+2. The van der Waals surface area contributed by atoms with Gasteiger partial charge in [0.2, 0.25) is 0 Å². The predicted octanol–water partition coefficient (Wildman–Crippen LogP) is -2.34. The molecule has 0 spiro atoms. The van der Waals surface area contributed by atoms with Gasteiger partial charge in [-0.05, 0) is 0 Å². The second kappa shape index (κ2) is 16.5. The summed E-state index contributed by atoms with van der Waals surface area (Å²) in [5.74, 6) is 0.272. The summed E-state index contributed by atoms with van der Waals surface area (Å²) in [5.41, 5.74) is 21.9. The predicted molar refractivity (Wildman–Crippen MR) is 179 cm³/mol. The number of quaternary nitrogens is 2. The number of aromatic nitrogens is 7. The number of fused-ring (bicyclic) bond motifs is 2. The molecule has 0 amide bonds. The van der Waals surface area contributed by atoms with E-state index in [1.807, 2.05) is 6.92 Å². The van der Waals surface area contributed by atoms with Crippen LogP contribution in [0.5, 0.6) is 0 Å². The Morgan fingerprint density at radius 2 is 1.45 bits per heavy atom. The molecular weight excluding hydrogens is 772 g/mol. The number of aliphatic hydroxyl groups is 4. The van der Waals surface area contributed by atoms with Gasteiger partial charge in [-0.3, -0.25) is 0 Å². The maximum atomic E-state index is 12.3. The van der Waals surface area contributed by atoms with E-state index in [9.17, 15) is 24.3 Å². The monoisotopic (exact) mass is 821 g/mol. The standard InChI is InChI=1S/C15H23N5O4Se.C14H22N6O3Se/c1-8(16)3-5-25(23)6-10-12(21)13(22)15(24-10)20-7-19-11-9(17)2-4-18-14(11)20;1-7(15)2-3-24-4-8-10(21)11(22)14(23-8)20-6-19-9-12(16)17-5-18-13(9)20/h2,4,7-8,10,12-13,15,21-22H,3,5-6,16H2,1H3,(H2,17,18);5-8,10-11,14,21-22H,2-4,15H2,1H3,(H2,16,17,18)/p+2/t8-,10-,12+,13?,15-,25?;7-,8-,10+,11?,14-/m11/s1. The second-order valence-electron chi connectivity index (χ2n) is 12.6. The summed E-state index contributed by atoms with van der Waals surface area (Å²) in [6, 6.07) is 2.31. The van der Waals surface area contributed by atoms with Crippen LogP contribution in [0.1, 0.15) is 39.1 Å². The molecule has 4 aromatic rings. The Morgan fingerprint density at radius 3 is 2.10 bits per heavy atom. The molecule has 2 fully saturated rings. The van der Waals surface area contributed by atoms with Gasteiger partial charge >= 0.3 is 294 Å². The fraction of sp³-hybridized carbons (Fsp3) is 0.621. The zero-order valence-corrected chi connectivity index (χ0v) is 30.9. The molecule has 14 N–H and O–H groups in total. The van der Waals surface area contributed by atoms with Gasteiger partial charge in [-0.2, -0.15) is 0 Å². The number of rotatable bonds is 12. The van der Waals surface area contributed by atoms with E-state index in [2.05, 4.69) is 43.3 Å². The number of nitrogens with zero attached hydrogens (tertiary/aromatic N) is 7. The minimum atomic E-state index is -2.15. The van der Waals surface area contributed by atoms with E-state index in [0.717, 1.165) is 23.5 Å². The molecule has 0 saturated carbocycles. The van der Waals surface area contributed by atoms with E-state index in [0.29, 0.717) is 54.3 Å². The van der Waals surface area contributed by atoms with Crippen molar-refractivity contribution in [3.63, 3.8) is 0 Å². The van der Waals surface area contributed by atoms with Crippen LogP contribution in [0, 0.1) is 0 Å². The van der Waals surface area contributed by atoms with Crippen LogP contribution < -0.4 is 22.9 Å². The summed E-state index contributed by atoms with van der Waals surface area (Å²) in [6.45, 7) is 4.07. The Bertz CT molecular complexity index is 1710. The first-order chi connectivity index (χ1) is 23.4. The molecule has 0 aliphatic carbocycles. The second-order valence-corrected chi connectivity index (χ2v) is 18.4. The van der Waals surface area contributed by atoms with Crippen molar-refractivity contribution in [1.82, 2.24) is 34.1 Å². The number of nitrogens with two attached hydrogens (primary N) is 2. The number of ether oxygens (including phenoxy) is 2. The van der Waals surface area contributed by atoms with Gasteiger partial charge in [0, 0.05) is 0 Å². The third kappa shape index (κ3) is 8.61. The van der Waals surface area contributed by atoms with Gasteiger partial charge in [-0.25, -0.2) is 0 Å². The molecule has 6 heterocycles. The molecule has 270 valence electrons. The van der Waals surface area contributed by atoms with Crippen molar-refractivity contribution in [2.45, 2.75) is 109 Å². The van der Waals surface area contributed by atoms with Crippen molar-refractivity contribution >= 4 is 62.6 Å². The van der Waals surface area contributed by atoms with Crippen LogP contribution in [0.4, 0.5) is 11.5 Å². The van der Waals surface area contributed by atoms with E-state index in [-0.39, 0.29) is 23.3 Å². The molecule has 0 aromatic carbocycles. The molecule has 4 aromatic heterocycles. The first kappa shape index (κ1) is 37.5. The van der Waals surface area contributed by atoms with Gasteiger partial charge in [-0.1, -0.05) is 0 Å². The molecule has 0 bridgehead atoms. The fourth-order valence-electron chi connectivity index (χ4n) is 5.47. The topological polar surface area (TPSA) is 298 Å². The van der Waals surface area contributed by atoms with Gasteiger partial charge < -0.3 is 0 Å². The van der Waals surface area contributed by atoms with Crippen molar-refractivity contribution in [2.75, 3.05) is 11.5 Å². The summed E-state index contributed by atoms with van der Waals surface area (Å²) >= 11 is -1.80. The fourth-order valence-corrected chi connectivity index (χ4v) is 11.2. The number of nitrogen functional groups attached to an aromatic ring is 2. The van der Waals surface area contributed by atoms with Gasteiger partial charge in [0.25, 0.3) is 0 Å². The van der Waals surface area contributed by atoms with Gasteiger partial charge in [-0.15, -0.1) is 0 Å². The number of hydrogen-bond donors (Lipinski definition) is 8. The van der Waals surface area contributed by atoms with Crippen molar-refractivity contribution in [3.05, 3.63) is 31.2 Å². The molecule has 3 unspecified atom stereocenters. The van der Waals surface area contributed by atoms with Crippen LogP contribution in [0.25, 0.3) is 22.3 Å². The number of anilines is 2. The SMILES string of the molecule is C[C@@H]([NH3+])CC[Se](=O)C[C@H]1O[C@@H](n2cnc3c(N)ccnc32)C(O)[C@H]1O.C[C@@H]([NH3+])CC[Se]C[C@H]1O[C@@H](n2cnc3c(N)ncnc32)C(O)[C@H]1O. The van der Waals surface area contributed by atoms with Crippen LogP contribution >= 0.6 is 0 Å². The molecule has 20 heteroatoms. The molecule has 18 nitrogen and oxygen atoms in total. The number of pyridine rings is 1. The van der Waals surface area contributed by atoms with E-state index in [1.54, 1.807) is 21.4 Å². The molecule has 6 rings (SSSR count). The summed E-state index contributed by atoms with van der Waals surface area (Å²) in [4.78, 5) is 20.7. The molecule has 11 atom stereocenters. The molecule has 2 aliphatic rings. The van der Waals surface area contributed by atoms with Crippen molar-refractivity contribution < 1.29 is 45.2 Å². The first-order valence-electron chi connectivity index (χ1n) is 16.0. The van der Waals surface area contributed by atoms with Crippen LogP contribution in [0.2, 0.25) is 21.3 Å². The van der Waals surface area contributed by atoms with Crippen LogP contribution in [-0.4, -0.2) is 132 Å². The number of hydrogen-bond acceptors (Lipinski definition) is 14. The van der Waals surface area contributed by atoms with Crippen LogP contribution in [0.3, 0.4) is 0 Å². The molecule has 2 saturated heterocycles. The number of aliphatic hydroxyl groups excluding tert-OH is 4. The quantitative estimate of drug-likeness (QED) is 0.0550. The molecule has 0 radical (unpaired) electrons. The van der Waals surface area contributed by atoms with Gasteiger partial charge in [0.05, 0.1) is 0 Å². The summed E-state index contributed by atoms with van der Waals surface area (Å²) in [6.07, 6.45) is 0.850. The van der Waals surface area contributed by atoms with E-state index < -0.39 is 56.8 Å². The summed E-state index contributed by atoms with van der Waals surface area (Å²) in [7, 11) is 0. The van der Waals surface area contributed by atoms with Crippen LogP contribution in [-0.2, 0) is 13.3 Å². The van der Waals surface area contributed by atoms with Gasteiger partial charge in [0.15, 0.2) is 0 Å². The summed E-state index contributed by atoms with van der Waals surface area (Å²) < 4.78 is 27.1. The Balaban J connectivity index is 0.000000191. The average Bonchev–Trinajstić information content (AvgIpc) is 3.82. The first-order valence-corrected chi connectivity index (χ1v) is 21.5. The number of imidazole rings is 2. The average molecular weight is 820 g/mol.